The molecule has 0 fully saturated rings. The van der Waals surface area contributed by atoms with Crippen molar-refractivity contribution in [2.24, 2.45) is 0 Å². The summed E-state index contributed by atoms with van der Waals surface area (Å²) >= 11 is 0. The van der Waals surface area contributed by atoms with Crippen LogP contribution in [-0.4, -0.2) is 30.5 Å². The van der Waals surface area contributed by atoms with E-state index in [1.54, 1.807) is 17.2 Å². The normalized spacial score (nSPS) is 16.7. The number of benzene rings is 1. The van der Waals surface area contributed by atoms with Crippen LogP contribution in [0.3, 0.4) is 0 Å². The third kappa shape index (κ3) is 2.11. The van der Waals surface area contributed by atoms with Crippen LogP contribution in [0.1, 0.15) is 27.5 Å². The summed E-state index contributed by atoms with van der Waals surface area (Å²) in [5.74, 6) is -0.842. The van der Waals surface area contributed by atoms with E-state index in [4.69, 9.17) is 4.74 Å². The molecule has 2 aromatic rings. The smallest absolute Gasteiger partial charge is 0.315 e. The van der Waals surface area contributed by atoms with Crippen LogP contribution in [0.5, 0.6) is 0 Å². The Labute approximate surface area is 122 Å². The number of anilines is 1. The standard InChI is InChI=1S/C16H16N2O3/c1-10-11(7-8-17-10)15(19)18-9-13(16(20)21-2)12-5-3-4-6-14(12)18/h3-8,13,17H,9H2,1-2H3/t13-/m1/s1. The third-order valence-electron chi connectivity index (χ3n) is 3.88. The highest BCUT2D eigenvalue weighted by Crippen LogP contribution is 2.37. The number of aromatic nitrogens is 1. The van der Waals surface area contributed by atoms with Gasteiger partial charge in [-0.05, 0) is 24.6 Å². The van der Waals surface area contributed by atoms with Crippen molar-refractivity contribution in [1.29, 1.82) is 0 Å². The van der Waals surface area contributed by atoms with Gasteiger partial charge in [0.2, 0.25) is 0 Å². The number of ether oxygens (including phenoxy) is 1. The molecule has 108 valence electrons. The Morgan fingerprint density at radius 2 is 2.05 bits per heavy atom. The molecular formula is C16H16N2O3. The van der Waals surface area contributed by atoms with Gasteiger partial charge in [-0.25, -0.2) is 0 Å². The maximum atomic E-state index is 12.7. The lowest BCUT2D eigenvalue weighted by Crippen LogP contribution is -2.31. The number of amides is 1. The number of carbonyl (C=O) groups excluding carboxylic acids is 2. The summed E-state index contributed by atoms with van der Waals surface area (Å²) in [6.07, 6.45) is 1.74. The fraction of sp³-hybridized carbons (Fsp3) is 0.250. The molecule has 1 aliphatic heterocycles. The average molecular weight is 284 g/mol. The highest BCUT2D eigenvalue weighted by Gasteiger charge is 2.37. The number of nitrogens with one attached hydrogen (secondary N) is 1. The maximum Gasteiger partial charge on any atom is 0.315 e. The van der Waals surface area contributed by atoms with Gasteiger partial charge in [0.25, 0.3) is 5.91 Å². The lowest BCUT2D eigenvalue weighted by Gasteiger charge is -2.17. The van der Waals surface area contributed by atoms with Crippen molar-refractivity contribution < 1.29 is 14.3 Å². The van der Waals surface area contributed by atoms with Crippen LogP contribution in [0.25, 0.3) is 0 Å². The first-order chi connectivity index (χ1) is 10.1. The minimum absolute atomic E-state index is 0.104. The second-order valence-electron chi connectivity index (χ2n) is 5.07. The molecule has 3 rings (SSSR count). The SMILES string of the molecule is COC(=O)[C@@H]1CN(C(=O)c2cc[nH]c2C)c2ccccc21. The van der Waals surface area contributed by atoms with Crippen LogP contribution in [0.4, 0.5) is 5.69 Å². The molecule has 2 heterocycles. The molecule has 0 unspecified atom stereocenters. The number of aromatic amines is 1. The van der Waals surface area contributed by atoms with E-state index in [-0.39, 0.29) is 11.9 Å². The highest BCUT2D eigenvalue weighted by molar-refractivity contribution is 6.09. The zero-order valence-electron chi connectivity index (χ0n) is 11.9. The number of hydrogen-bond donors (Lipinski definition) is 1. The van der Waals surface area contributed by atoms with Gasteiger partial charge in [-0.1, -0.05) is 18.2 Å². The molecule has 21 heavy (non-hydrogen) atoms. The summed E-state index contributed by atoms with van der Waals surface area (Å²) in [5, 5.41) is 0. The van der Waals surface area contributed by atoms with Crippen LogP contribution < -0.4 is 4.90 Å². The Kier molecular flexibility index (Phi) is 3.25. The Morgan fingerprint density at radius 1 is 1.29 bits per heavy atom. The van der Waals surface area contributed by atoms with Crippen molar-refractivity contribution >= 4 is 17.6 Å². The van der Waals surface area contributed by atoms with E-state index in [1.807, 2.05) is 31.2 Å². The number of aryl methyl sites for hydroxylation is 1. The lowest BCUT2D eigenvalue weighted by atomic mass is 10.0. The fourth-order valence-electron chi connectivity index (χ4n) is 2.77. The molecule has 1 amide bonds. The third-order valence-corrected chi connectivity index (χ3v) is 3.88. The molecule has 0 spiro atoms. The van der Waals surface area contributed by atoms with Gasteiger partial charge in [-0.2, -0.15) is 0 Å². The summed E-state index contributed by atoms with van der Waals surface area (Å²) in [5.41, 5.74) is 3.05. The van der Waals surface area contributed by atoms with Crippen LogP contribution >= 0.6 is 0 Å². The molecule has 5 nitrogen and oxygen atoms in total. The molecule has 0 radical (unpaired) electrons. The predicted molar refractivity (Wildman–Crippen MR) is 78.4 cm³/mol. The number of methoxy groups -OCH3 is 1. The van der Waals surface area contributed by atoms with E-state index in [0.717, 1.165) is 16.9 Å². The van der Waals surface area contributed by atoms with Crippen LogP contribution in [-0.2, 0) is 9.53 Å². The molecule has 1 aromatic heterocycles. The summed E-state index contributed by atoms with van der Waals surface area (Å²) < 4.78 is 4.85. The summed E-state index contributed by atoms with van der Waals surface area (Å²) in [6.45, 7) is 2.17. The first kappa shape index (κ1) is 13.4. The molecule has 1 aliphatic rings. The van der Waals surface area contributed by atoms with Gasteiger partial charge in [-0.15, -0.1) is 0 Å². The zero-order chi connectivity index (χ0) is 15.0. The summed E-state index contributed by atoms with van der Waals surface area (Å²) in [4.78, 5) is 29.3. The second kappa shape index (κ2) is 5.09. The van der Waals surface area contributed by atoms with Crippen LogP contribution in [0.15, 0.2) is 36.5 Å². The van der Waals surface area contributed by atoms with Gasteiger partial charge in [0.15, 0.2) is 0 Å². The van der Waals surface area contributed by atoms with E-state index in [9.17, 15) is 9.59 Å². The Morgan fingerprint density at radius 3 is 2.71 bits per heavy atom. The molecular weight excluding hydrogens is 268 g/mol. The van der Waals surface area contributed by atoms with Gasteiger partial charge in [0.05, 0.1) is 12.7 Å². The minimum atomic E-state index is -0.422. The Hall–Kier alpha value is -2.56. The number of H-pyrrole nitrogens is 1. The number of hydrogen-bond acceptors (Lipinski definition) is 3. The average Bonchev–Trinajstić information content (AvgIpc) is 3.09. The Bertz CT molecular complexity index is 705. The van der Waals surface area contributed by atoms with Crippen LogP contribution in [0, 0.1) is 6.92 Å². The van der Waals surface area contributed by atoms with Crippen molar-refractivity contribution in [3.05, 3.63) is 53.3 Å². The molecule has 5 heteroatoms. The molecule has 1 N–H and O–H groups in total. The summed E-state index contributed by atoms with van der Waals surface area (Å²) in [7, 11) is 1.37. The van der Waals surface area contributed by atoms with Gasteiger partial charge in [0.1, 0.15) is 5.92 Å². The number of fused-ring (bicyclic) bond motifs is 1. The van der Waals surface area contributed by atoms with Crippen molar-refractivity contribution in [3.63, 3.8) is 0 Å². The fourth-order valence-corrected chi connectivity index (χ4v) is 2.77. The minimum Gasteiger partial charge on any atom is -0.468 e. The van der Waals surface area contributed by atoms with Crippen LogP contribution in [0.2, 0.25) is 0 Å². The van der Waals surface area contributed by atoms with Crippen molar-refractivity contribution in [2.45, 2.75) is 12.8 Å². The molecule has 0 bridgehead atoms. The number of rotatable bonds is 2. The van der Waals surface area contributed by atoms with Gasteiger partial charge in [0, 0.05) is 24.1 Å². The quantitative estimate of drug-likeness (QED) is 0.860. The number of para-hydroxylation sites is 1. The monoisotopic (exact) mass is 284 g/mol. The molecule has 0 saturated carbocycles. The first-order valence-corrected chi connectivity index (χ1v) is 6.76. The van der Waals surface area contributed by atoms with Gasteiger partial charge >= 0.3 is 5.97 Å². The molecule has 0 saturated heterocycles. The second-order valence-corrected chi connectivity index (χ2v) is 5.07. The largest absolute Gasteiger partial charge is 0.468 e. The van der Waals surface area contributed by atoms with E-state index < -0.39 is 5.92 Å². The Balaban J connectivity index is 2.00. The molecule has 1 aromatic carbocycles. The van der Waals surface area contributed by atoms with E-state index in [2.05, 4.69) is 4.98 Å². The van der Waals surface area contributed by atoms with Crippen molar-refractivity contribution in [1.82, 2.24) is 4.98 Å². The summed E-state index contributed by atoms with van der Waals surface area (Å²) in [6, 6.07) is 9.21. The highest BCUT2D eigenvalue weighted by atomic mass is 16.5. The van der Waals surface area contributed by atoms with E-state index in [0.29, 0.717) is 12.1 Å². The van der Waals surface area contributed by atoms with Gasteiger partial charge in [-0.3, -0.25) is 9.59 Å². The zero-order valence-corrected chi connectivity index (χ0v) is 11.9. The van der Waals surface area contributed by atoms with Gasteiger partial charge < -0.3 is 14.6 Å². The maximum absolute atomic E-state index is 12.7. The molecule has 0 aliphatic carbocycles. The lowest BCUT2D eigenvalue weighted by molar-refractivity contribution is -0.141. The predicted octanol–water partition coefficient (Wildman–Crippen LogP) is 2.24. The number of esters is 1. The first-order valence-electron chi connectivity index (χ1n) is 6.76. The topological polar surface area (TPSA) is 62.4 Å². The van der Waals surface area contributed by atoms with E-state index in [1.165, 1.54) is 7.11 Å². The van der Waals surface area contributed by atoms with Crippen molar-refractivity contribution in [3.8, 4) is 0 Å². The van der Waals surface area contributed by atoms with Crippen molar-refractivity contribution in [2.75, 3.05) is 18.6 Å². The molecule has 1 atom stereocenters. The number of nitrogens with zero attached hydrogens (tertiary/aromatic N) is 1. The number of carbonyl (C=O) groups is 2. The van der Waals surface area contributed by atoms with E-state index >= 15 is 0 Å².